The number of carbonyl (C=O) groups excluding carboxylic acids is 2. The molecule has 1 aliphatic carbocycles. The first-order valence-electron chi connectivity index (χ1n) is 11.5. The van der Waals surface area contributed by atoms with E-state index >= 15 is 0 Å². The number of ether oxygens (including phenoxy) is 1. The first-order valence-corrected chi connectivity index (χ1v) is 14.2. The molecule has 2 aromatic rings. The van der Waals surface area contributed by atoms with Crippen LogP contribution in [0.25, 0.3) is 0 Å². The minimum absolute atomic E-state index is 0.108. The maximum atomic E-state index is 13.6. The first kappa shape index (κ1) is 27.0. The van der Waals surface area contributed by atoms with Crippen molar-refractivity contribution in [3.05, 3.63) is 58.6 Å². The fraction of sp³-hybridized carbons (Fsp3) is 0.440. The maximum absolute atomic E-state index is 13.6. The molecule has 1 aliphatic rings. The molecule has 35 heavy (non-hydrogen) atoms. The van der Waals surface area contributed by atoms with E-state index in [-0.39, 0.29) is 18.5 Å². The van der Waals surface area contributed by atoms with Crippen LogP contribution in [0, 0.1) is 0 Å². The average molecular weight is 567 g/mol. The third kappa shape index (κ3) is 7.44. The standard InChI is InChI=1S/C25H32BrN3O5S/c1-18(25(31)27-21-10-4-5-11-21)28(16-19-8-6-9-20(26)14-19)24(30)17-29(35(3,32)33)22-12-7-13-23(15-22)34-2/h6-9,12-15,18,21H,4-5,10-11,16-17H2,1-3H3,(H,27,31)/t18-/m1/s1. The Labute approximate surface area is 215 Å². The van der Waals surface area contributed by atoms with Gasteiger partial charge in [0.2, 0.25) is 21.8 Å². The Morgan fingerprint density at radius 1 is 1.14 bits per heavy atom. The maximum Gasteiger partial charge on any atom is 0.244 e. The number of nitrogens with one attached hydrogen (secondary N) is 1. The van der Waals surface area contributed by atoms with Crippen molar-refractivity contribution in [2.75, 3.05) is 24.2 Å². The summed E-state index contributed by atoms with van der Waals surface area (Å²) in [6.45, 7) is 1.39. The largest absolute Gasteiger partial charge is 0.497 e. The van der Waals surface area contributed by atoms with Gasteiger partial charge >= 0.3 is 0 Å². The lowest BCUT2D eigenvalue weighted by atomic mass is 10.1. The molecule has 8 nitrogen and oxygen atoms in total. The number of amides is 2. The molecule has 2 amide bonds. The highest BCUT2D eigenvalue weighted by Gasteiger charge is 2.31. The summed E-state index contributed by atoms with van der Waals surface area (Å²) >= 11 is 3.44. The van der Waals surface area contributed by atoms with Crippen molar-refractivity contribution in [2.24, 2.45) is 0 Å². The van der Waals surface area contributed by atoms with Crippen LogP contribution in [0.1, 0.15) is 38.2 Å². The lowest BCUT2D eigenvalue weighted by Gasteiger charge is -2.32. The summed E-state index contributed by atoms with van der Waals surface area (Å²) in [5.74, 6) is -0.251. The van der Waals surface area contributed by atoms with Gasteiger partial charge in [-0.2, -0.15) is 0 Å². The van der Waals surface area contributed by atoms with Gasteiger partial charge in [-0.05, 0) is 49.6 Å². The van der Waals surface area contributed by atoms with Gasteiger partial charge in [0, 0.05) is 23.1 Å². The molecule has 3 rings (SSSR count). The Balaban J connectivity index is 1.89. The summed E-state index contributed by atoms with van der Waals surface area (Å²) in [6.07, 6.45) is 5.05. The second kappa shape index (κ2) is 11.9. The molecule has 0 saturated heterocycles. The zero-order valence-corrected chi connectivity index (χ0v) is 22.6. The van der Waals surface area contributed by atoms with E-state index in [1.807, 2.05) is 24.3 Å². The van der Waals surface area contributed by atoms with Crippen LogP contribution < -0.4 is 14.4 Å². The number of anilines is 1. The van der Waals surface area contributed by atoms with E-state index in [1.54, 1.807) is 31.2 Å². The highest BCUT2D eigenvalue weighted by Crippen LogP contribution is 2.24. The minimum atomic E-state index is -3.79. The topological polar surface area (TPSA) is 96.0 Å². The normalized spacial score (nSPS) is 14.9. The molecule has 0 unspecified atom stereocenters. The van der Waals surface area contributed by atoms with E-state index in [0.29, 0.717) is 11.4 Å². The fourth-order valence-corrected chi connectivity index (χ4v) is 5.47. The highest BCUT2D eigenvalue weighted by atomic mass is 79.9. The van der Waals surface area contributed by atoms with Crippen molar-refractivity contribution >= 4 is 43.5 Å². The molecule has 0 aliphatic heterocycles. The predicted octanol–water partition coefficient (Wildman–Crippen LogP) is 3.70. The molecule has 10 heteroatoms. The quantitative estimate of drug-likeness (QED) is 0.473. The number of methoxy groups -OCH3 is 1. The Hall–Kier alpha value is -2.59. The van der Waals surface area contributed by atoms with Crippen LogP contribution in [0.4, 0.5) is 5.69 Å². The van der Waals surface area contributed by atoms with Crippen LogP contribution in [0.15, 0.2) is 53.0 Å². The second-order valence-electron chi connectivity index (χ2n) is 8.79. The fourth-order valence-electron chi connectivity index (χ4n) is 4.19. The van der Waals surface area contributed by atoms with E-state index in [9.17, 15) is 18.0 Å². The van der Waals surface area contributed by atoms with Crippen molar-refractivity contribution < 1.29 is 22.7 Å². The molecule has 0 spiro atoms. The highest BCUT2D eigenvalue weighted by molar-refractivity contribution is 9.10. The summed E-state index contributed by atoms with van der Waals surface area (Å²) in [5, 5.41) is 3.05. The monoisotopic (exact) mass is 565 g/mol. The van der Waals surface area contributed by atoms with E-state index < -0.39 is 28.5 Å². The lowest BCUT2D eigenvalue weighted by molar-refractivity contribution is -0.139. The molecule has 1 saturated carbocycles. The van der Waals surface area contributed by atoms with Crippen LogP contribution >= 0.6 is 15.9 Å². The number of rotatable bonds is 10. The lowest BCUT2D eigenvalue weighted by Crippen LogP contribution is -2.52. The molecule has 0 bridgehead atoms. The van der Waals surface area contributed by atoms with Crippen molar-refractivity contribution in [3.8, 4) is 5.75 Å². The number of hydrogen-bond donors (Lipinski definition) is 1. The second-order valence-corrected chi connectivity index (χ2v) is 11.6. The minimum Gasteiger partial charge on any atom is -0.497 e. The Bertz CT molecular complexity index is 1150. The van der Waals surface area contributed by atoms with Gasteiger partial charge in [-0.3, -0.25) is 13.9 Å². The number of benzene rings is 2. The number of carbonyl (C=O) groups is 2. The molecule has 2 aromatic carbocycles. The summed E-state index contributed by atoms with van der Waals surface area (Å²) in [5.41, 5.74) is 1.13. The van der Waals surface area contributed by atoms with E-state index in [0.717, 1.165) is 46.3 Å². The zero-order chi connectivity index (χ0) is 25.6. The Morgan fingerprint density at radius 3 is 2.46 bits per heavy atom. The van der Waals surface area contributed by atoms with Gasteiger partial charge in [-0.15, -0.1) is 0 Å². The van der Waals surface area contributed by atoms with Crippen LogP contribution in [-0.2, 0) is 26.2 Å². The third-order valence-electron chi connectivity index (χ3n) is 6.13. The van der Waals surface area contributed by atoms with Gasteiger partial charge in [-0.25, -0.2) is 8.42 Å². The van der Waals surface area contributed by atoms with Crippen LogP contribution in [0.2, 0.25) is 0 Å². The SMILES string of the molecule is COc1cccc(N(CC(=O)N(Cc2cccc(Br)c2)[C@H](C)C(=O)NC2CCCC2)S(C)(=O)=O)c1. The van der Waals surface area contributed by atoms with Crippen LogP contribution in [0.5, 0.6) is 5.75 Å². The summed E-state index contributed by atoms with van der Waals surface area (Å²) in [4.78, 5) is 28.1. The molecular formula is C25H32BrN3O5S. The molecule has 0 aromatic heterocycles. The molecular weight excluding hydrogens is 534 g/mol. The smallest absolute Gasteiger partial charge is 0.244 e. The van der Waals surface area contributed by atoms with E-state index in [2.05, 4.69) is 21.2 Å². The number of halogens is 1. The molecule has 1 N–H and O–H groups in total. The predicted molar refractivity (Wildman–Crippen MR) is 140 cm³/mol. The molecule has 1 atom stereocenters. The summed E-state index contributed by atoms with van der Waals surface area (Å²) in [6, 6.07) is 13.3. The third-order valence-corrected chi connectivity index (χ3v) is 7.77. The van der Waals surface area contributed by atoms with Crippen LogP contribution in [-0.4, -0.2) is 57.1 Å². The van der Waals surface area contributed by atoms with Gasteiger partial charge in [0.1, 0.15) is 18.3 Å². The molecule has 0 heterocycles. The Kier molecular flexibility index (Phi) is 9.18. The van der Waals surface area contributed by atoms with E-state index in [1.165, 1.54) is 12.0 Å². The van der Waals surface area contributed by atoms with Gasteiger partial charge in [0.05, 0.1) is 19.1 Å². The summed E-state index contributed by atoms with van der Waals surface area (Å²) < 4.78 is 32.4. The van der Waals surface area contributed by atoms with Crippen molar-refractivity contribution in [2.45, 2.75) is 51.2 Å². The van der Waals surface area contributed by atoms with Gasteiger partial charge in [-0.1, -0.05) is 47.0 Å². The molecule has 1 fully saturated rings. The van der Waals surface area contributed by atoms with Gasteiger partial charge in [0.15, 0.2) is 0 Å². The first-order chi connectivity index (χ1) is 16.6. The average Bonchev–Trinajstić information content (AvgIpc) is 3.32. The zero-order valence-electron chi connectivity index (χ0n) is 20.2. The van der Waals surface area contributed by atoms with E-state index in [4.69, 9.17) is 4.74 Å². The van der Waals surface area contributed by atoms with Crippen molar-refractivity contribution in [3.63, 3.8) is 0 Å². The summed E-state index contributed by atoms with van der Waals surface area (Å²) in [7, 11) is -2.31. The number of sulfonamides is 1. The van der Waals surface area contributed by atoms with Crippen molar-refractivity contribution in [1.82, 2.24) is 10.2 Å². The Morgan fingerprint density at radius 2 is 1.83 bits per heavy atom. The number of nitrogens with zero attached hydrogens (tertiary/aromatic N) is 2. The molecule has 190 valence electrons. The number of hydrogen-bond acceptors (Lipinski definition) is 5. The molecule has 0 radical (unpaired) electrons. The van der Waals surface area contributed by atoms with Crippen molar-refractivity contribution in [1.29, 1.82) is 0 Å². The van der Waals surface area contributed by atoms with Crippen LogP contribution in [0.3, 0.4) is 0 Å². The van der Waals surface area contributed by atoms with Gasteiger partial charge < -0.3 is 15.0 Å². The van der Waals surface area contributed by atoms with Gasteiger partial charge in [0.25, 0.3) is 0 Å².